The zero-order valence-corrected chi connectivity index (χ0v) is 22.0. The lowest BCUT2D eigenvalue weighted by molar-refractivity contribution is -0.137. The number of carbonyl (C=O) groups is 1. The number of aryl methyl sites for hydroxylation is 1. The van der Waals surface area contributed by atoms with Gasteiger partial charge in [0.25, 0.3) is 0 Å². The van der Waals surface area contributed by atoms with Crippen molar-refractivity contribution in [3.63, 3.8) is 0 Å². The Balaban J connectivity index is 1.11. The van der Waals surface area contributed by atoms with Crippen LogP contribution in [0.5, 0.6) is 0 Å². The van der Waals surface area contributed by atoms with Crippen LogP contribution in [0, 0.1) is 12.8 Å². The summed E-state index contributed by atoms with van der Waals surface area (Å²) in [6.07, 6.45) is 1.79. The molecule has 0 N–H and O–H groups in total. The first-order valence-corrected chi connectivity index (χ1v) is 13.9. The van der Waals surface area contributed by atoms with Gasteiger partial charge in [-0.15, -0.1) is 5.10 Å². The number of fused-ring (bicyclic) bond motifs is 1. The summed E-state index contributed by atoms with van der Waals surface area (Å²) in [7, 11) is 2.12. The van der Waals surface area contributed by atoms with Crippen LogP contribution in [-0.2, 0) is 9.53 Å². The van der Waals surface area contributed by atoms with E-state index in [2.05, 4.69) is 57.8 Å². The first-order valence-electron chi connectivity index (χ1n) is 13.1. The number of imidazole rings is 1. The van der Waals surface area contributed by atoms with Crippen LogP contribution in [-0.4, -0.2) is 103 Å². The SMILES string of the molecule is Cc1c(-c2ccc(N3CCOCC3)cc2)nc2sc(N3CCC(C(=O)N4CCN(C)CC4)CC3)nn12. The Morgan fingerprint density at radius 1 is 0.944 bits per heavy atom. The second-order valence-corrected chi connectivity index (χ2v) is 11.1. The van der Waals surface area contributed by atoms with E-state index in [1.165, 1.54) is 5.69 Å². The van der Waals surface area contributed by atoms with E-state index >= 15 is 0 Å². The first kappa shape index (κ1) is 23.7. The van der Waals surface area contributed by atoms with Crippen LogP contribution >= 0.6 is 11.3 Å². The number of morpholine rings is 1. The summed E-state index contributed by atoms with van der Waals surface area (Å²) < 4.78 is 7.45. The third-order valence-electron chi connectivity index (χ3n) is 7.86. The molecule has 10 heteroatoms. The van der Waals surface area contributed by atoms with Gasteiger partial charge < -0.3 is 24.3 Å². The molecule has 0 unspecified atom stereocenters. The van der Waals surface area contributed by atoms with E-state index in [0.29, 0.717) is 5.91 Å². The first-order chi connectivity index (χ1) is 17.6. The Bertz CT molecular complexity index is 1200. The third kappa shape index (κ3) is 4.57. The maximum absolute atomic E-state index is 13.0. The van der Waals surface area contributed by atoms with Gasteiger partial charge in [0.05, 0.1) is 24.6 Å². The molecule has 3 aromatic rings. The minimum absolute atomic E-state index is 0.141. The third-order valence-corrected chi connectivity index (χ3v) is 8.83. The lowest BCUT2D eigenvalue weighted by Crippen LogP contribution is -2.50. The van der Waals surface area contributed by atoms with Crippen LogP contribution in [0.1, 0.15) is 18.5 Å². The highest BCUT2D eigenvalue weighted by Gasteiger charge is 2.31. The highest BCUT2D eigenvalue weighted by molar-refractivity contribution is 7.20. The van der Waals surface area contributed by atoms with Crippen LogP contribution in [0.4, 0.5) is 10.8 Å². The highest BCUT2D eigenvalue weighted by Crippen LogP contribution is 2.33. The molecule has 3 saturated heterocycles. The maximum atomic E-state index is 13.0. The van der Waals surface area contributed by atoms with Gasteiger partial charge in [-0.1, -0.05) is 23.5 Å². The highest BCUT2D eigenvalue weighted by atomic mass is 32.1. The molecule has 0 saturated carbocycles. The smallest absolute Gasteiger partial charge is 0.225 e. The Morgan fingerprint density at radius 2 is 1.64 bits per heavy atom. The molecule has 9 nitrogen and oxygen atoms in total. The molecule has 192 valence electrons. The van der Waals surface area contributed by atoms with E-state index in [1.54, 1.807) is 11.3 Å². The average Bonchev–Trinajstić information content (AvgIpc) is 3.49. The Labute approximate surface area is 216 Å². The fourth-order valence-corrected chi connectivity index (χ4v) is 6.49. The summed E-state index contributed by atoms with van der Waals surface area (Å²) in [6, 6.07) is 8.68. The lowest BCUT2D eigenvalue weighted by atomic mass is 9.95. The van der Waals surface area contributed by atoms with Crippen molar-refractivity contribution in [1.82, 2.24) is 24.4 Å². The Hall–Kier alpha value is -2.69. The molecule has 1 amide bonds. The van der Waals surface area contributed by atoms with Gasteiger partial charge in [0, 0.05) is 69.5 Å². The number of piperidine rings is 1. The quantitative estimate of drug-likeness (QED) is 0.536. The summed E-state index contributed by atoms with van der Waals surface area (Å²) in [6.45, 7) is 11.0. The zero-order valence-electron chi connectivity index (χ0n) is 21.2. The summed E-state index contributed by atoms with van der Waals surface area (Å²) >= 11 is 1.64. The largest absolute Gasteiger partial charge is 0.378 e. The fraction of sp³-hybridized carbons (Fsp3) is 0.577. The summed E-state index contributed by atoms with van der Waals surface area (Å²) in [5.41, 5.74) is 4.40. The van der Waals surface area contributed by atoms with E-state index in [9.17, 15) is 4.79 Å². The summed E-state index contributed by atoms with van der Waals surface area (Å²) in [5.74, 6) is 0.485. The predicted molar refractivity (Wildman–Crippen MR) is 143 cm³/mol. The molecule has 0 aliphatic carbocycles. The fourth-order valence-electron chi connectivity index (χ4n) is 5.49. The number of likely N-dealkylation sites (N-methyl/N-ethyl adjacent to an activating group) is 1. The number of aromatic nitrogens is 3. The average molecular weight is 510 g/mol. The number of amides is 1. The van der Waals surface area contributed by atoms with Gasteiger partial charge in [-0.3, -0.25) is 4.79 Å². The molecule has 0 radical (unpaired) electrons. The van der Waals surface area contributed by atoms with E-state index in [0.717, 1.165) is 105 Å². The molecule has 3 aliphatic heterocycles. The predicted octanol–water partition coefficient (Wildman–Crippen LogP) is 2.59. The second kappa shape index (κ2) is 9.99. The molecule has 6 rings (SSSR count). The molecule has 1 aromatic carbocycles. The number of nitrogens with zero attached hydrogens (tertiary/aromatic N) is 7. The molecular formula is C26H35N7O2S. The van der Waals surface area contributed by atoms with Crippen molar-refractivity contribution in [2.24, 2.45) is 5.92 Å². The Kier molecular flexibility index (Phi) is 6.57. The molecule has 5 heterocycles. The second-order valence-electron chi connectivity index (χ2n) is 10.2. The van der Waals surface area contributed by atoms with Crippen molar-refractivity contribution in [3.05, 3.63) is 30.0 Å². The van der Waals surface area contributed by atoms with Crippen molar-refractivity contribution < 1.29 is 9.53 Å². The van der Waals surface area contributed by atoms with Crippen molar-refractivity contribution in [3.8, 4) is 11.3 Å². The topological polar surface area (TPSA) is 69.5 Å². The van der Waals surface area contributed by atoms with Gasteiger partial charge in [0.15, 0.2) is 0 Å². The van der Waals surface area contributed by atoms with Gasteiger partial charge in [0.1, 0.15) is 0 Å². The van der Waals surface area contributed by atoms with Gasteiger partial charge in [-0.2, -0.15) is 0 Å². The molecule has 0 spiro atoms. The van der Waals surface area contributed by atoms with E-state index in [-0.39, 0.29) is 5.92 Å². The van der Waals surface area contributed by atoms with E-state index in [1.807, 2.05) is 4.52 Å². The monoisotopic (exact) mass is 509 g/mol. The number of ether oxygens (including phenoxy) is 1. The van der Waals surface area contributed by atoms with Crippen LogP contribution in [0.2, 0.25) is 0 Å². The standard InChI is InChI=1S/C26H35N7O2S/c1-19-23(20-3-5-22(6-4-20)30-15-17-35-18-16-30)27-25-33(19)28-26(36-25)32-9-7-21(8-10-32)24(34)31-13-11-29(2)12-14-31/h3-6,21H,7-18H2,1-2H3. The molecule has 0 bridgehead atoms. The van der Waals surface area contributed by atoms with Gasteiger partial charge in [0.2, 0.25) is 16.0 Å². The number of carbonyl (C=O) groups excluding carboxylic acids is 1. The van der Waals surface area contributed by atoms with Crippen LogP contribution in [0.15, 0.2) is 24.3 Å². The van der Waals surface area contributed by atoms with Crippen molar-refractivity contribution in [1.29, 1.82) is 0 Å². The van der Waals surface area contributed by atoms with Crippen molar-refractivity contribution in [2.75, 3.05) is 82.4 Å². The summed E-state index contributed by atoms with van der Waals surface area (Å²) in [4.78, 5) is 27.9. The number of anilines is 2. The number of benzene rings is 1. The molecule has 0 atom stereocenters. The molecular weight excluding hydrogens is 474 g/mol. The minimum Gasteiger partial charge on any atom is -0.378 e. The van der Waals surface area contributed by atoms with Crippen molar-refractivity contribution in [2.45, 2.75) is 19.8 Å². The minimum atomic E-state index is 0.141. The Morgan fingerprint density at radius 3 is 2.31 bits per heavy atom. The van der Waals surface area contributed by atoms with Crippen molar-refractivity contribution >= 4 is 33.0 Å². The van der Waals surface area contributed by atoms with E-state index < -0.39 is 0 Å². The van der Waals surface area contributed by atoms with E-state index in [4.69, 9.17) is 14.8 Å². The van der Waals surface area contributed by atoms with Crippen LogP contribution < -0.4 is 9.80 Å². The van der Waals surface area contributed by atoms with Gasteiger partial charge >= 0.3 is 0 Å². The summed E-state index contributed by atoms with van der Waals surface area (Å²) in [5, 5.41) is 5.92. The number of rotatable bonds is 4. The van der Waals surface area contributed by atoms with Crippen LogP contribution in [0.25, 0.3) is 16.2 Å². The maximum Gasteiger partial charge on any atom is 0.225 e. The van der Waals surface area contributed by atoms with Gasteiger partial charge in [-0.25, -0.2) is 9.50 Å². The zero-order chi connectivity index (χ0) is 24.6. The number of hydrogen-bond acceptors (Lipinski definition) is 8. The lowest BCUT2D eigenvalue weighted by Gasteiger charge is -2.37. The number of hydrogen-bond donors (Lipinski definition) is 0. The molecule has 3 aliphatic rings. The molecule has 3 fully saturated rings. The van der Waals surface area contributed by atoms with Crippen LogP contribution in [0.3, 0.4) is 0 Å². The molecule has 36 heavy (non-hydrogen) atoms. The molecule has 2 aromatic heterocycles. The number of piperazine rings is 1. The van der Waals surface area contributed by atoms with Gasteiger partial charge in [-0.05, 0) is 38.9 Å². The normalized spacial score (nSPS) is 20.4.